The molecule has 0 aliphatic carbocycles. The van der Waals surface area contributed by atoms with Gasteiger partial charge in [0.2, 0.25) is 11.7 Å². The number of aromatic amines is 1. The number of carbonyl (C=O) groups excluding carboxylic acids is 4. The number of ketones is 1. The van der Waals surface area contributed by atoms with Crippen molar-refractivity contribution in [1.82, 2.24) is 10.3 Å². The Morgan fingerprint density at radius 2 is 1.73 bits per heavy atom. The van der Waals surface area contributed by atoms with Crippen molar-refractivity contribution in [2.75, 3.05) is 12.4 Å². The number of nitrogens with one attached hydrogen (secondary N) is 2. The number of hydrogen-bond acceptors (Lipinski definition) is 7. The molecule has 1 amide bonds. The molecule has 0 saturated heterocycles. The van der Waals surface area contributed by atoms with Gasteiger partial charge in [-0.15, -0.1) is 11.8 Å². The number of aryl methyl sites for hydroxylation is 1. The fourth-order valence-corrected chi connectivity index (χ4v) is 4.11. The first kappa shape index (κ1) is 26.2. The standard InChI is InChI=1S/C24H30N2O6S/c1-7-31-24(30)20-14(4)21(26-15(20)5)22(28)16(6)32-23(29)17-10-8-9-11-18(17)33-12-19(27)25-13(2)3/h8-11,13,16,26H,7,12H2,1-6H3,(H,25,27)/t16-/m1/s1. The Morgan fingerprint density at radius 3 is 2.36 bits per heavy atom. The van der Waals surface area contributed by atoms with Crippen LogP contribution in [0.4, 0.5) is 0 Å². The number of thioether (sulfide) groups is 1. The van der Waals surface area contributed by atoms with Crippen LogP contribution in [-0.4, -0.2) is 53.1 Å². The average molecular weight is 475 g/mol. The highest BCUT2D eigenvalue weighted by Gasteiger charge is 2.28. The summed E-state index contributed by atoms with van der Waals surface area (Å²) < 4.78 is 10.5. The van der Waals surface area contributed by atoms with Crippen molar-refractivity contribution in [1.29, 1.82) is 0 Å². The van der Waals surface area contributed by atoms with E-state index in [4.69, 9.17) is 9.47 Å². The van der Waals surface area contributed by atoms with Crippen LogP contribution in [0.15, 0.2) is 29.2 Å². The van der Waals surface area contributed by atoms with E-state index in [9.17, 15) is 19.2 Å². The third-order valence-corrected chi connectivity index (χ3v) is 5.81. The minimum atomic E-state index is -1.09. The minimum Gasteiger partial charge on any atom is -0.462 e. The number of rotatable bonds is 10. The number of carbonyl (C=O) groups is 4. The van der Waals surface area contributed by atoms with Crippen LogP contribution < -0.4 is 5.32 Å². The number of ether oxygens (including phenoxy) is 2. The molecule has 0 unspecified atom stereocenters. The largest absolute Gasteiger partial charge is 0.462 e. The van der Waals surface area contributed by atoms with Crippen molar-refractivity contribution in [3.8, 4) is 0 Å². The van der Waals surface area contributed by atoms with Gasteiger partial charge in [-0.1, -0.05) is 12.1 Å². The predicted octanol–water partition coefficient (Wildman–Crippen LogP) is 3.85. The lowest BCUT2D eigenvalue weighted by Gasteiger charge is -2.14. The SMILES string of the molecule is CCOC(=O)c1c(C)[nH]c(C(=O)[C@@H](C)OC(=O)c2ccccc2SCC(=O)NC(C)C)c1C. The Bertz CT molecular complexity index is 1040. The second-order valence-corrected chi connectivity index (χ2v) is 8.78. The minimum absolute atomic E-state index is 0.0228. The Labute approximate surface area is 197 Å². The summed E-state index contributed by atoms with van der Waals surface area (Å²) in [6, 6.07) is 6.78. The van der Waals surface area contributed by atoms with E-state index in [1.165, 1.54) is 18.7 Å². The molecule has 0 spiro atoms. The summed E-state index contributed by atoms with van der Waals surface area (Å²) in [5, 5.41) is 2.80. The van der Waals surface area contributed by atoms with E-state index in [1.807, 2.05) is 13.8 Å². The molecule has 0 fully saturated rings. The lowest BCUT2D eigenvalue weighted by Crippen LogP contribution is -2.31. The Balaban J connectivity index is 2.14. The van der Waals surface area contributed by atoms with Crippen LogP contribution in [-0.2, 0) is 14.3 Å². The Morgan fingerprint density at radius 1 is 1.06 bits per heavy atom. The fourth-order valence-electron chi connectivity index (χ4n) is 3.25. The highest BCUT2D eigenvalue weighted by molar-refractivity contribution is 8.00. The lowest BCUT2D eigenvalue weighted by atomic mass is 10.1. The van der Waals surface area contributed by atoms with Crippen LogP contribution in [0.2, 0.25) is 0 Å². The molecular weight excluding hydrogens is 444 g/mol. The van der Waals surface area contributed by atoms with E-state index < -0.39 is 23.8 Å². The van der Waals surface area contributed by atoms with Gasteiger partial charge in [0.25, 0.3) is 0 Å². The van der Waals surface area contributed by atoms with E-state index >= 15 is 0 Å². The quantitative estimate of drug-likeness (QED) is 0.305. The van der Waals surface area contributed by atoms with E-state index in [-0.39, 0.29) is 35.6 Å². The van der Waals surface area contributed by atoms with Crippen LogP contribution >= 0.6 is 11.8 Å². The van der Waals surface area contributed by atoms with Crippen molar-refractivity contribution in [2.24, 2.45) is 0 Å². The molecule has 1 heterocycles. The molecule has 1 aromatic heterocycles. The molecule has 0 bridgehead atoms. The van der Waals surface area contributed by atoms with Crippen LogP contribution in [0.1, 0.15) is 70.2 Å². The van der Waals surface area contributed by atoms with E-state index in [0.717, 1.165) is 0 Å². The number of benzene rings is 1. The molecule has 0 radical (unpaired) electrons. The number of aromatic nitrogens is 1. The highest BCUT2D eigenvalue weighted by Crippen LogP contribution is 2.25. The zero-order valence-corrected chi connectivity index (χ0v) is 20.6. The smallest absolute Gasteiger partial charge is 0.340 e. The van der Waals surface area contributed by atoms with Gasteiger partial charge >= 0.3 is 11.9 Å². The first-order chi connectivity index (χ1) is 15.6. The van der Waals surface area contributed by atoms with E-state index in [1.54, 1.807) is 45.0 Å². The van der Waals surface area contributed by atoms with Crippen molar-refractivity contribution < 1.29 is 28.7 Å². The maximum absolute atomic E-state index is 13.0. The molecule has 0 aliphatic heterocycles. The van der Waals surface area contributed by atoms with Crippen LogP contribution in [0.5, 0.6) is 0 Å². The van der Waals surface area contributed by atoms with Crippen molar-refractivity contribution >= 4 is 35.4 Å². The topological polar surface area (TPSA) is 115 Å². The van der Waals surface area contributed by atoms with Gasteiger partial charge in [-0.3, -0.25) is 9.59 Å². The number of amides is 1. The van der Waals surface area contributed by atoms with E-state index in [2.05, 4.69) is 10.3 Å². The third kappa shape index (κ3) is 6.71. The van der Waals surface area contributed by atoms with Crippen molar-refractivity contribution in [3.05, 3.63) is 52.3 Å². The van der Waals surface area contributed by atoms with Crippen LogP contribution in [0.25, 0.3) is 0 Å². The van der Waals surface area contributed by atoms with Gasteiger partial charge < -0.3 is 19.8 Å². The van der Waals surface area contributed by atoms with E-state index in [0.29, 0.717) is 21.7 Å². The van der Waals surface area contributed by atoms with Crippen molar-refractivity contribution in [3.63, 3.8) is 0 Å². The molecular formula is C24H30N2O6S. The Kier molecular flexibility index (Phi) is 9.28. The van der Waals surface area contributed by atoms with Gasteiger partial charge in [0.1, 0.15) is 0 Å². The summed E-state index contributed by atoms with van der Waals surface area (Å²) in [5.41, 5.74) is 1.73. The van der Waals surface area contributed by atoms with Gasteiger partial charge in [0.15, 0.2) is 6.10 Å². The molecule has 0 saturated carbocycles. The molecule has 9 heteroatoms. The van der Waals surface area contributed by atoms with Crippen molar-refractivity contribution in [2.45, 2.75) is 58.6 Å². The zero-order chi connectivity index (χ0) is 24.7. The molecule has 0 aliphatic rings. The molecule has 2 aromatic rings. The molecule has 178 valence electrons. The lowest BCUT2D eigenvalue weighted by molar-refractivity contribution is -0.119. The molecule has 1 atom stereocenters. The van der Waals surface area contributed by atoms with Crippen LogP contribution in [0, 0.1) is 13.8 Å². The maximum Gasteiger partial charge on any atom is 0.340 e. The van der Waals surface area contributed by atoms with Gasteiger partial charge in [-0.05, 0) is 59.2 Å². The summed E-state index contributed by atoms with van der Waals surface area (Å²) in [6.45, 7) is 10.5. The number of Topliss-reactive ketones (excluding diaryl/α,β-unsaturated/α-hetero) is 1. The summed E-state index contributed by atoms with van der Waals surface area (Å²) in [4.78, 5) is 53.4. The summed E-state index contributed by atoms with van der Waals surface area (Å²) in [5.74, 6) is -1.64. The summed E-state index contributed by atoms with van der Waals surface area (Å²) in [7, 11) is 0. The third-order valence-electron chi connectivity index (χ3n) is 4.73. The second-order valence-electron chi connectivity index (χ2n) is 7.76. The van der Waals surface area contributed by atoms with Gasteiger partial charge in [-0.2, -0.15) is 0 Å². The number of esters is 2. The number of H-pyrrole nitrogens is 1. The molecule has 8 nitrogen and oxygen atoms in total. The van der Waals surface area contributed by atoms with Gasteiger partial charge in [-0.25, -0.2) is 9.59 Å². The highest BCUT2D eigenvalue weighted by atomic mass is 32.2. The van der Waals surface area contributed by atoms with Gasteiger partial charge in [0.05, 0.1) is 29.2 Å². The normalized spacial score (nSPS) is 11.7. The zero-order valence-electron chi connectivity index (χ0n) is 19.7. The first-order valence-electron chi connectivity index (χ1n) is 10.7. The fraction of sp³-hybridized carbons (Fsp3) is 0.417. The van der Waals surface area contributed by atoms with Gasteiger partial charge in [0, 0.05) is 16.6 Å². The second kappa shape index (κ2) is 11.7. The predicted molar refractivity (Wildman–Crippen MR) is 126 cm³/mol. The average Bonchev–Trinajstić information content (AvgIpc) is 3.05. The van der Waals surface area contributed by atoms with Crippen LogP contribution in [0.3, 0.4) is 0 Å². The molecule has 2 N–H and O–H groups in total. The Hall–Kier alpha value is -3.07. The molecule has 1 aromatic carbocycles. The number of hydrogen-bond donors (Lipinski definition) is 2. The maximum atomic E-state index is 13.0. The summed E-state index contributed by atoms with van der Waals surface area (Å²) in [6.07, 6.45) is -1.09. The summed E-state index contributed by atoms with van der Waals surface area (Å²) >= 11 is 1.22. The molecule has 2 rings (SSSR count). The monoisotopic (exact) mass is 474 g/mol. The first-order valence-corrected chi connectivity index (χ1v) is 11.7. The molecule has 33 heavy (non-hydrogen) atoms.